The summed E-state index contributed by atoms with van der Waals surface area (Å²) in [5, 5.41) is 8.84. The van der Waals surface area contributed by atoms with Crippen LogP contribution in [0.15, 0.2) is 33.1 Å². The van der Waals surface area contributed by atoms with Crippen molar-refractivity contribution in [2.45, 2.75) is 23.4 Å². The number of amides is 2. The molecule has 0 bridgehead atoms. The molecule has 10 heteroatoms. The Hall–Kier alpha value is -2.04. The van der Waals surface area contributed by atoms with Gasteiger partial charge in [0.2, 0.25) is 11.8 Å². The summed E-state index contributed by atoms with van der Waals surface area (Å²) in [6.45, 7) is 3.49. The molecule has 2 amide bonds. The summed E-state index contributed by atoms with van der Waals surface area (Å²) >= 11 is 4.44. The molecule has 0 saturated heterocycles. The molecular formula is C17H18N4O3S3. The molecule has 3 aromatic rings. The Morgan fingerprint density at radius 3 is 2.81 bits per heavy atom. The molecule has 0 unspecified atom stereocenters. The number of hydrogen-bond acceptors (Lipinski definition) is 8. The molecule has 2 N–H and O–H groups in total. The summed E-state index contributed by atoms with van der Waals surface area (Å²) in [7, 11) is 0. The standard InChI is InChI=1S/C17H18N4O3S3/c1-9-6-14(21-24-9)20-16(23)10(2)26-8-15(22)18-11-4-5-12-13(7-11)27-17(19-12)25-3/h4-7,10H,8H2,1-3H3,(H,18,22)(H,20,21,23)/t10-/m1/s1. The lowest BCUT2D eigenvalue weighted by atomic mass is 10.3. The summed E-state index contributed by atoms with van der Waals surface area (Å²) < 4.78 is 6.93. The van der Waals surface area contributed by atoms with Gasteiger partial charge in [0.15, 0.2) is 10.2 Å². The van der Waals surface area contributed by atoms with Crippen LogP contribution in [-0.2, 0) is 9.59 Å². The number of benzene rings is 1. The van der Waals surface area contributed by atoms with Crippen molar-refractivity contribution in [3.63, 3.8) is 0 Å². The number of nitrogens with one attached hydrogen (secondary N) is 2. The lowest BCUT2D eigenvalue weighted by Crippen LogP contribution is -2.25. The molecule has 0 aliphatic carbocycles. The minimum atomic E-state index is -0.402. The third-order valence-corrected chi connectivity index (χ3v) is 6.69. The van der Waals surface area contributed by atoms with Crippen LogP contribution in [0.25, 0.3) is 10.2 Å². The third-order valence-electron chi connectivity index (χ3n) is 3.54. The Kier molecular flexibility index (Phi) is 6.40. The number of nitrogens with zero attached hydrogens (tertiary/aromatic N) is 2. The van der Waals surface area contributed by atoms with E-state index >= 15 is 0 Å². The van der Waals surface area contributed by atoms with Gasteiger partial charge in [0.25, 0.3) is 0 Å². The fourth-order valence-electron chi connectivity index (χ4n) is 2.20. The van der Waals surface area contributed by atoms with Crippen molar-refractivity contribution in [3.8, 4) is 0 Å². The van der Waals surface area contributed by atoms with Gasteiger partial charge in [0.1, 0.15) is 5.76 Å². The van der Waals surface area contributed by atoms with Crippen LogP contribution in [-0.4, -0.2) is 39.2 Å². The van der Waals surface area contributed by atoms with Crippen LogP contribution in [0.3, 0.4) is 0 Å². The number of hydrogen-bond donors (Lipinski definition) is 2. The van der Waals surface area contributed by atoms with E-state index in [-0.39, 0.29) is 17.6 Å². The van der Waals surface area contributed by atoms with Gasteiger partial charge in [-0.15, -0.1) is 23.1 Å². The van der Waals surface area contributed by atoms with E-state index in [9.17, 15) is 9.59 Å². The summed E-state index contributed by atoms with van der Waals surface area (Å²) in [6, 6.07) is 7.28. The molecule has 2 aromatic heterocycles. The predicted octanol–water partition coefficient (Wildman–Crippen LogP) is 4.01. The van der Waals surface area contributed by atoms with Gasteiger partial charge in [0, 0.05) is 11.8 Å². The zero-order valence-corrected chi connectivity index (χ0v) is 17.4. The Labute approximate surface area is 168 Å². The van der Waals surface area contributed by atoms with E-state index in [4.69, 9.17) is 4.52 Å². The van der Waals surface area contributed by atoms with Crippen molar-refractivity contribution < 1.29 is 14.1 Å². The second-order valence-corrected chi connectivity index (χ2v) is 9.09. The van der Waals surface area contributed by atoms with E-state index in [1.807, 2.05) is 24.5 Å². The molecule has 1 atom stereocenters. The first-order valence-electron chi connectivity index (χ1n) is 8.05. The van der Waals surface area contributed by atoms with E-state index in [1.54, 1.807) is 43.0 Å². The maximum absolute atomic E-state index is 12.2. The van der Waals surface area contributed by atoms with Gasteiger partial charge in [0.05, 0.1) is 21.2 Å². The molecule has 142 valence electrons. The second kappa shape index (κ2) is 8.77. The Morgan fingerprint density at radius 1 is 1.30 bits per heavy atom. The largest absolute Gasteiger partial charge is 0.360 e. The number of aryl methyl sites for hydroxylation is 1. The van der Waals surface area contributed by atoms with Gasteiger partial charge < -0.3 is 15.2 Å². The molecule has 27 heavy (non-hydrogen) atoms. The summed E-state index contributed by atoms with van der Waals surface area (Å²) in [4.78, 5) is 28.8. The van der Waals surface area contributed by atoms with Crippen molar-refractivity contribution in [1.29, 1.82) is 0 Å². The van der Waals surface area contributed by atoms with Crippen molar-refractivity contribution in [3.05, 3.63) is 30.0 Å². The number of thiazole rings is 1. The highest BCUT2D eigenvalue weighted by atomic mass is 32.2. The molecule has 0 radical (unpaired) electrons. The highest BCUT2D eigenvalue weighted by Crippen LogP contribution is 2.30. The number of fused-ring (bicyclic) bond motifs is 1. The zero-order chi connectivity index (χ0) is 19.4. The van der Waals surface area contributed by atoms with Gasteiger partial charge in [-0.25, -0.2) is 4.98 Å². The average Bonchev–Trinajstić information content (AvgIpc) is 3.24. The van der Waals surface area contributed by atoms with Crippen LogP contribution in [0.5, 0.6) is 0 Å². The molecule has 3 rings (SSSR count). The molecular weight excluding hydrogens is 404 g/mol. The molecule has 0 fully saturated rings. The lowest BCUT2D eigenvalue weighted by molar-refractivity contribution is -0.115. The predicted molar refractivity (Wildman–Crippen MR) is 112 cm³/mol. The van der Waals surface area contributed by atoms with Gasteiger partial charge in [-0.1, -0.05) is 16.9 Å². The van der Waals surface area contributed by atoms with E-state index in [0.29, 0.717) is 11.6 Å². The van der Waals surface area contributed by atoms with Crippen LogP contribution < -0.4 is 10.6 Å². The molecule has 0 saturated carbocycles. The maximum Gasteiger partial charge on any atom is 0.238 e. The number of carbonyl (C=O) groups excluding carboxylic acids is 2. The first kappa shape index (κ1) is 19.7. The van der Waals surface area contributed by atoms with Crippen LogP contribution in [0.1, 0.15) is 12.7 Å². The zero-order valence-electron chi connectivity index (χ0n) is 14.9. The van der Waals surface area contributed by atoms with Crippen molar-refractivity contribution in [2.24, 2.45) is 0 Å². The van der Waals surface area contributed by atoms with E-state index in [1.165, 1.54) is 11.8 Å². The molecule has 2 heterocycles. The fraction of sp³-hybridized carbons (Fsp3) is 0.294. The minimum Gasteiger partial charge on any atom is -0.360 e. The van der Waals surface area contributed by atoms with Crippen LogP contribution in [0.4, 0.5) is 11.5 Å². The number of anilines is 2. The quantitative estimate of drug-likeness (QED) is 0.555. The Morgan fingerprint density at radius 2 is 2.11 bits per heavy atom. The van der Waals surface area contributed by atoms with E-state index < -0.39 is 5.25 Å². The monoisotopic (exact) mass is 422 g/mol. The molecule has 1 aromatic carbocycles. The Balaban J connectivity index is 1.50. The average molecular weight is 423 g/mol. The Bertz CT molecular complexity index is 969. The number of aromatic nitrogens is 2. The lowest BCUT2D eigenvalue weighted by Gasteiger charge is -2.10. The van der Waals surface area contributed by atoms with Crippen LogP contribution in [0.2, 0.25) is 0 Å². The fourth-order valence-corrected chi connectivity index (χ4v) is 4.41. The maximum atomic E-state index is 12.2. The molecule has 7 nitrogen and oxygen atoms in total. The summed E-state index contributed by atoms with van der Waals surface area (Å²) in [5.74, 6) is 0.774. The number of thioether (sulfide) groups is 2. The van der Waals surface area contributed by atoms with Gasteiger partial charge in [-0.3, -0.25) is 9.59 Å². The van der Waals surface area contributed by atoms with Gasteiger partial charge in [-0.05, 0) is 38.3 Å². The number of carbonyl (C=O) groups is 2. The third kappa shape index (κ3) is 5.24. The van der Waals surface area contributed by atoms with Crippen molar-refractivity contribution in [1.82, 2.24) is 10.1 Å². The van der Waals surface area contributed by atoms with Crippen LogP contribution in [0, 0.1) is 6.92 Å². The summed E-state index contributed by atoms with van der Waals surface area (Å²) in [5.41, 5.74) is 1.64. The van der Waals surface area contributed by atoms with E-state index in [2.05, 4.69) is 20.8 Å². The first-order valence-corrected chi connectivity index (χ1v) is 11.1. The first-order chi connectivity index (χ1) is 12.9. The molecule has 0 aliphatic rings. The van der Waals surface area contributed by atoms with Crippen LogP contribution >= 0.6 is 34.9 Å². The smallest absolute Gasteiger partial charge is 0.238 e. The number of rotatable bonds is 7. The van der Waals surface area contributed by atoms with Gasteiger partial charge in [-0.2, -0.15) is 0 Å². The SMILES string of the molecule is CSc1nc2ccc(NC(=O)CS[C@H](C)C(=O)Nc3cc(C)on3)cc2s1. The van der Waals surface area contributed by atoms with Crippen molar-refractivity contribution >= 4 is 68.4 Å². The molecule has 0 aliphatic heterocycles. The van der Waals surface area contributed by atoms with Crippen molar-refractivity contribution in [2.75, 3.05) is 22.6 Å². The summed E-state index contributed by atoms with van der Waals surface area (Å²) in [6.07, 6.45) is 1.98. The minimum absolute atomic E-state index is 0.161. The van der Waals surface area contributed by atoms with E-state index in [0.717, 1.165) is 20.2 Å². The van der Waals surface area contributed by atoms with Gasteiger partial charge >= 0.3 is 0 Å². The normalized spacial score (nSPS) is 12.1. The second-order valence-electron chi connectivity index (χ2n) is 5.68. The highest BCUT2D eigenvalue weighted by Gasteiger charge is 2.17. The topological polar surface area (TPSA) is 97.1 Å². The highest BCUT2D eigenvalue weighted by molar-refractivity contribution is 8.01. The molecule has 0 spiro atoms.